The molecule has 0 radical (unpaired) electrons. The fourth-order valence-corrected chi connectivity index (χ4v) is 3.55. The van der Waals surface area contributed by atoms with Gasteiger partial charge in [-0.25, -0.2) is 15.0 Å². The zero-order chi connectivity index (χ0) is 22.2. The number of nitrogens with one attached hydrogen (secondary N) is 3. The van der Waals surface area contributed by atoms with E-state index >= 15 is 0 Å². The lowest BCUT2D eigenvalue weighted by Crippen LogP contribution is -2.39. The Labute approximate surface area is 190 Å². The van der Waals surface area contributed by atoms with Crippen LogP contribution >= 0.6 is 23.6 Å². The minimum atomic E-state index is 0.345. The Kier molecular flexibility index (Phi) is 7.74. The summed E-state index contributed by atoms with van der Waals surface area (Å²) >= 11 is 7.13. The van der Waals surface area contributed by atoms with E-state index in [1.165, 1.54) is 0 Å². The maximum Gasteiger partial charge on any atom is 0.229 e. The van der Waals surface area contributed by atoms with Crippen LogP contribution in [0.3, 0.4) is 0 Å². The maximum absolute atomic E-state index is 5.49. The number of benzene rings is 1. The molecule has 3 N–H and O–H groups in total. The van der Waals surface area contributed by atoms with Gasteiger partial charge in [0.1, 0.15) is 11.5 Å². The van der Waals surface area contributed by atoms with Crippen LogP contribution in [0, 0.1) is 13.8 Å². The van der Waals surface area contributed by atoms with Crippen molar-refractivity contribution < 1.29 is 9.47 Å². The molecule has 0 aliphatic rings. The third kappa shape index (κ3) is 6.90. The highest BCUT2D eigenvalue weighted by Gasteiger charge is 2.09. The maximum atomic E-state index is 5.49. The smallest absolute Gasteiger partial charge is 0.229 e. The van der Waals surface area contributed by atoms with Crippen molar-refractivity contribution in [3.63, 3.8) is 0 Å². The van der Waals surface area contributed by atoms with Crippen LogP contribution in [0.5, 0.6) is 11.5 Å². The summed E-state index contributed by atoms with van der Waals surface area (Å²) in [4.78, 5) is 14.6. The van der Waals surface area contributed by atoms with E-state index in [2.05, 4.69) is 30.9 Å². The number of thiocarbonyl (C=S) groups is 1. The lowest BCUT2D eigenvalue weighted by atomic mass is 10.3. The number of hydrogen-bond acceptors (Lipinski definition) is 7. The summed E-state index contributed by atoms with van der Waals surface area (Å²) in [6, 6.07) is 11.3. The molecule has 0 saturated carbocycles. The number of hydrogen-bond donors (Lipinski definition) is 3. The number of rotatable bonds is 6. The molecule has 0 unspecified atom stereocenters. The zero-order valence-electron chi connectivity index (χ0n) is 17.7. The highest BCUT2D eigenvalue weighted by atomic mass is 32.1. The Morgan fingerprint density at radius 2 is 1.71 bits per heavy atom. The first-order valence-corrected chi connectivity index (χ1v) is 10.7. The van der Waals surface area contributed by atoms with Crippen LogP contribution in [0.1, 0.15) is 16.3 Å². The topological polar surface area (TPSA) is 92.7 Å². The van der Waals surface area contributed by atoms with Crippen molar-refractivity contribution in [3.05, 3.63) is 58.0 Å². The average molecular weight is 457 g/mol. The van der Waals surface area contributed by atoms with Crippen LogP contribution in [0.15, 0.2) is 46.8 Å². The molecule has 0 aliphatic carbocycles. The van der Waals surface area contributed by atoms with Gasteiger partial charge in [0.25, 0.3) is 0 Å². The summed E-state index contributed by atoms with van der Waals surface area (Å²) < 4.78 is 10.6. The Hall–Kier alpha value is -3.24. The minimum absolute atomic E-state index is 0.345. The molecule has 0 spiro atoms. The number of methoxy groups -OCH3 is 2. The summed E-state index contributed by atoms with van der Waals surface area (Å²) in [5, 5.41) is 11.7. The predicted octanol–water partition coefficient (Wildman–Crippen LogP) is 4.13. The van der Waals surface area contributed by atoms with Gasteiger partial charge in [0.15, 0.2) is 5.11 Å². The molecule has 0 bridgehead atoms. The van der Waals surface area contributed by atoms with Crippen molar-refractivity contribution in [1.29, 1.82) is 0 Å². The molecule has 10 heteroatoms. The lowest BCUT2D eigenvalue weighted by Gasteiger charge is -2.15. The minimum Gasteiger partial charge on any atom is -0.497 e. The van der Waals surface area contributed by atoms with Gasteiger partial charge in [-0.1, -0.05) is 6.07 Å². The monoisotopic (exact) mass is 456 g/mol. The highest BCUT2D eigenvalue weighted by molar-refractivity contribution is 7.80. The second-order valence-electron chi connectivity index (χ2n) is 6.52. The Morgan fingerprint density at radius 1 is 1.03 bits per heavy atom. The van der Waals surface area contributed by atoms with Gasteiger partial charge in [0.2, 0.25) is 11.9 Å². The second-order valence-corrected chi connectivity index (χ2v) is 7.96. The van der Waals surface area contributed by atoms with E-state index in [1.54, 1.807) is 31.6 Å². The van der Waals surface area contributed by atoms with E-state index in [1.807, 2.05) is 49.6 Å². The number of guanidine groups is 1. The molecule has 3 rings (SSSR count). The number of anilines is 2. The summed E-state index contributed by atoms with van der Waals surface area (Å²) in [5.74, 6) is 2.18. The molecule has 0 amide bonds. The first-order chi connectivity index (χ1) is 14.9. The van der Waals surface area contributed by atoms with Gasteiger partial charge in [0, 0.05) is 40.2 Å². The summed E-state index contributed by atoms with van der Waals surface area (Å²) in [6.45, 7) is 4.32. The van der Waals surface area contributed by atoms with Crippen LogP contribution < -0.4 is 25.4 Å². The van der Waals surface area contributed by atoms with Crippen molar-refractivity contribution in [2.75, 3.05) is 24.9 Å². The lowest BCUT2D eigenvalue weighted by molar-refractivity contribution is 0.395. The van der Waals surface area contributed by atoms with Crippen molar-refractivity contribution in [3.8, 4) is 11.5 Å². The summed E-state index contributed by atoms with van der Waals surface area (Å²) in [7, 11) is 3.19. The number of ether oxygens (including phenoxy) is 2. The normalized spacial score (nSPS) is 11.0. The number of aryl methyl sites for hydroxylation is 2. The van der Waals surface area contributed by atoms with E-state index in [0.717, 1.165) is 16.3 Å². The molecule has 0 atom stereocenters. The molecule has 162 valence electrons. The van der Waals surface area contributed by atoms with E-state index < -0.39 is 0 Å². The predicted molar refractivity (Wildman–Crippen MR) is 129 cm³/mol. The van der Waals surface area contributed by atoms with Gasteiger partial charge in [-0.3, -0.25) is 5.32 Å². The number of thiophene rings is 1. The standard InChI is InChI=1S/C21H24N6O2S2/c1-13-8-14(2)24-20(23-13)26-19(22-12-18-6-5-7-31-18)27-21(30)25-15-9-16(28-3)11-17(10-15)29-4/h5-11H,12H2,1-4H3,(H3,22,23,24,25,26,27,30). The van der Waals surface area contributed by atoms with Gasteiger partial charge in [-0.2, -0.15) is 0 Å². The van der Waals surface area contributed by atoms with Crippen LogP contribution in [0.4, 0.5) is 11.6 Å². The first-order valence-electron chi connectivity index (χ1n) is 9.42. The molecule has 2 heterocycles. The van der Waals surface area contributed by atoms with Crippen molar-refractivity contribution >= 4 is 46.3 Å². The van der Waals surface area contributed by atoms with E-state index in [0.29, 0.717) is 40.8 Å². The fraction of sp³-hybridized carbons (Fsp3) is 0.238. The first kappa shape index (κ1) is 22.4. The molecule has 0 aliphatic heterocycles. The SMILES string of the molecule is COc1cc(NC(=S)NC(=NCc2cccs2)Nc2nc(C)cc(C)n2)cc(OC)c1. The second kappa shape index (κ2) is 10.7. The Bertz CT molecular complexity index is 1030. The third-order valence-electron chi connectivity index (χ3n) is 4.03. The molecular formula is C21H24N6O2S2. The van der Waals surface area contributed by atoms with E-state index in [-0.39, 0.29) is 0 Å². The molecular weight excluding hydrogens is 432 g/mol. The van der Waals surface area contributed by atoms with E-state index in [9.17, 15) is 0 Å². The zero-order valence-corrected chi connectivity index (χ0v) is 19.4. The fourth-order valence-electron chi connectivity index (χ4n) is 2.71. The number of aromatic nitrogens is 2. The van der Waals surface area contributed by atoms with Crippen LogP contribution in [0.25, 0.3) is 0 Å². The molecule has 3 aromatic rings. The molecule has 31 heavy (non-hydrogen) atoms. The quantitative estimate of drug-likeness (QED) is 0.290. The van der Waals surface area contributed by atoms with Gasteiger partial charge < -0.3 is 20.1 Å². The van der Waals surface area contributed by atoms with Crippen LogP contribution in [-0.4, -0.2) is 35.3 Å². The van der Waals surface area contributed by atoms with Gasteiger partial charge in [-0.15, -0.1) is 11.3 Å². The van der Waals surface area contributed by atoms with Gasteiger partial charge in [0.05, 0.1) is 20.8 Å². The van der Waals surface area contributed by atoms with E-state index in [4.69, 9.17) is 21.7 Å². The van der Waals surface area contributed by atoms with Crippen LogP contribution in [-0.2, 0) is 6.54 Å². The number of nitrogens with zero attached hydrogens (tertiary/aromatic N) is 3. The molecule has 8 nitrogen and oxygen atoms in total. The Balaban J connectivity index is 1.77. The highest BCUT2D eigenvalue weighted by Crippen LogP contribution is 2.25. The summed E-state index contributed by atoms with van der Waals surface area (Å²) in [5.41, 5.74) is 2.43. The largest absolute Gasteiger partial charge is 0.497 e. The Morgan fingerprint density at radius 3 is 2.29 bits per heavy atom. The molecule has 0 fully saturated rings. The van der Waals surface area contributed by atoms with Crippen LogP contribution in [0.2, 0.25) is 0 Å². The van der Waals surface area contributed by atoms with Crippen molar-refractivity contribution in [2.45, 2.75) is 20.4 Å². The summed E-state index contributed by atoms with van der Waals surface area (Å²) in [6.07, 6.45) is 0. The van der Waals surface area contributed by atoms with Gasteiger partial charge in [-0.05, 0) is 43.6 Å². The van der Waals surface area contributed by atoms with Gasteiger partial charge >= 0.3 is 0 Å². The number of aliphatic imine (C=N–C) groups is 1. The molecule has 2 aromatic heterocycles. The molecule has 0 saturated heterocycles. The average Bonchev–Trinajstić information content (AvgIpc) is 3.24. The van der Waals surface area contributed by atoms with Crippen molar-refractivity contribution in [1.82, 2.24) is 15.3 Å². The van der Waals surface area contributed by atoms with Crippen molar-refractivity contribution in [2.24, 2.45) is 4.99 Å². The third-order valence-corrected chi connectivity index (χ3v) is 5.09. The molecule has 1 aromatic carbocycles.